The number of hydrogen-bond donors (Lipinski definition) is 2. The third-order valence-corrected chi connectivity index (χ3v) is 3.93. The number of rotatable bonds is 4. The average molecular weight is 244 g/mol. The maximum Gasteiger partial charge on any atom is 0.237 e. The van der Waals surface area contributed by atoms with E-state index in [9.17, 15) is 4.79 Å². The van der Waals surface area contributed by atoms with E-state index in [2.05, 4.69) is 22.8 Å². The minimum Gasteiger partial charge on any atom is -0.348 e. The Morgan fingerprint density at radius 1 is 1.22 bits per heavy atom. The summed E-state index contributed by atoms with van der Waals surface area (Å²) in [7, 11) is 0. The van der Waals surface area contributed by atoms with Crippen LogP contribution in [0.15, 0.2) is 30.3 Å². The van der Waals surface area contributed by atoms with Gasteiger partial charge in [0, 0.05) is 0 Å². The van der Waals surface area contributed by atoms with Crippen LogP contribution in [0.5, 0.6) is 0 Å². The molecule has 0 radical (unpaired) electrons. The fourth-order valence-corrected chi connectivity index (χ4v) is 2.73. The topological polar surface area (TPSA) is 41.1 Å². The van der Waals surface area contributed by atoms with Gasteiger partial charge in [0.2, 0.25) is 5.91 Å². The van der Waals surface area contributed by atoms with Crippen molar-refractivity contribution < 1.29 is 4.79 Å². The molecule has 0 bridgehead atoms. The monoisotopic (exact) mass is 244 g/mol. The minimum absolute atomic E-state index is 0.0231. The molecule has 18 heavy (non-hydrogen) atoms. The van der Waals surface area contributed by atoms with Gasteiger partial charge in [-0.2, -0.15) is 0 Å². The number of benzene rings is 1. The maximum atomic E-state index is 12.2. The van der Waals surface area contributed by atoms with Gasteiger partial charge in [-0.3, -0.25) is 4.79 Å². The van der Waals surface area contributed by atoms with E-state index >= 15 is 0 Å². The third kappa shape index (κ3) is 2.56. The lowest BCUT2D eigenvalue weighted by molar-refractivity contribution is -0.123. The quantitative estimate of drug-likeness (QED) is 0.850. The van der Waals surface area contributed by atoms with Gasteiger partial charge in [-0.05, 0) is 43.7 Å². The summed E-state index contributed by atoms with van der Waals surface area (Å²) < 4.78 is 0. The summed E-state index contributed by atoms with van der Waals surface area (Å²) in [5.41, 5.74) is 1.24. The molecule has 0 aromatic heterocycles. The lowest BCUT2D eigenvalue weighted by Crippen LogP contribution is -2.42. The van der Waals surface area contributed by atoms with Crippen molar-refractivity contribution in [3.63, 3.8) is 0 Å². The molecule has 2 aliphatic rings. The largest absolute Gasteiger partial charge is 0.348 e. The molecule has 1 aliphatic heterocycles. The fraction of sp³-hybridized carbons (Fsp3) is 0.533. The predicted molar refractivity (Wildman–Crippen MR) is 71.1 cm³/mol. The second kappa shape index (κ2) is 5.11. The van der Waals surface area contributed by atoms with Gasteiger partial charge in [0.15, 0.2) is 0 Å². The van der Waals surface area contributed by atoms with Crippen LogP contribution < -0.4 is 10.6 Å². The maximum absolute atomic E-state index is 12.2. The van der Waals surface area contributed by atoms with Gasteiger partial charge < -0.3 is 10.6 Å². The highest BCUT2D eigenvalue weighted by Crippen LogP contribution is 2.41. The van der Waals surface area contributed by atoms with Crippen molar-refractivity contribution in [3.8, 4) is 0 Å². The Morgan fingerprint density at radius 3 is 2.61 bits per heavy atom. The summed E-state index contributed by atoms with van der Waals surface area (Å²) in [5, 5.41) is 6.50. The van der Waals surface area contributed by atoms with Gasteiger partial charge in [-0.1, -0.05) is 30.3 Å². The summed E-state index contributed by atoms with van der Waals surface area (Å²) in [5.74, 6) is 0.811. The van der Waals surface area contributed by atoms with Crippen LogP contribution in [-0.4, -0.2) is 18.5 Å². The van der Waals surface area contributed by atoms with Crippen LogP contribution in [0.1, 0.15) is 37.3 Å². The lowest BCUT2D eigenvalue weighted by atomic mass is 10.0. The highest BCUT2D eigenvalue weighted by atomic mass is 16.2. The van der Waals surface area contributed by atoms with E-state index in [1.165, 1.54) is 18.4 Å². The van der Waals surface area contributed by atoms with Crippen molar-refractivity contribution >= 4 is 5.91 Å². The molecule has 1 saturated carbocycles. The van der Waals surface area contributed by atoms with Crippen molar-refractivity contribution in [1.82, 2.24) is 10.6 Å². The van der Waals surface area contributed by atoms with Gasteiger partial charge >= 0.3 is 0 Å². The zero-order valence-electron chi connectivity index (χ0n) is 10.6. The molecule has 0 spiro atoms. The van der Waals surface area contributed by atoms with Gasteiger partial charge in [-0.25, -0.2) is 0 Å². The van der Waals surface area contributed by atoms with Crippen LogP contribution in [0, 0.1) is 5.92 Å². The molecule has 3 rings (SSSR count). The first-order valence-corrected chi connectivity index (χ1v) is 6.93. The van der Waals surface area contributed by atoms with Gasteiger partial charge in [0.1, 0.15) is 0 Å². The SMILES string of the molecule is O=C(NC(c1ccccc1)C1CC1)[C@@H]1CCCN1. The first-order valence-electron chi connectivity index (χ1n) is 6.93. The number of carbonyl (C=O) groups excluding carboxylic acids is 1. The van der Waals surface area contributed by atoms with E-state index in [0.717, 1.165) is 19.4 Å². The molecule has 1 aromatic carbocycles. The zero-order valence-corrected chi connectivity index (χ0v) is 10.6. The Labute approximate surface area is 108 Å². The molecule has 1 unspecified atom stereocenters. The van der Waals surface area contributed by atoms with Crippen LogP contribution in [0.25, 0.3) is 0 Å². The lowest BCUT2D eigenvalue weighted by Gasteiger charge is -2.21. The second-order valence-corrected chi connectivity index (χ2v) is 5.38. The summed E-state index contributed by atoms with van der Waals surface area (Å²) in [4.78, 5) is 12.2. The molecular weight excluding hydrogens is 224 g/mol. The Kier molecular flexibility index (Phi) is 3.33. The normalized spacial score (nSPS) is 24.8. The fourth-order valence-electron chi connectivity index (χ4n) is 2.73. The highest BCUT2D eigenvalue weighted by Gasteiger charge is 2.34. The smallest absolute Gasteiger partial charge is 0.237 e. The van der Waals surface area contributed by atoms with Crippen LogP contribution in [-0.2, 0) is 4.79 Å². The summed E-state index contributed by atoms with van der Waals surface area (Å²) in [6, 6.07) is 10.6. The first kappa shape index (κ1) is 11.7. The second-order valence-electron chi connectivity index (χ2n) is 5.38. The van der Waals surface area contributed by atoms with Crippen molar-refractivity contribution in [2.45, 2.75) is 37.8 Å². The number of amides is 1. The van der Waals surface area contributed by atoms with E-state index in [1.807, 2.05) is 18.2 Å². The zero-order chi connectivity index (χ0) is 12.4. The number of carbonyl (C=O) groups is 1. The third-order valence-electron chi connectivity index (χ3n) is 3.93. The van der Waals surface area contributed by atoms with E-state index in [0.29, 0.717) is 5.92 Å². The summed E-state index contributed by atoms with van der Waals surface area (Å²) in [6.07, 6.45) is 4.55. The van der Waals surface area contributed by atoms with Crippen LogP contribution >= 0.6 is 0 Å². The van der Waals surface area contributed by atoms with Crippen LogP contribution in [0.3, 0.4) is 0 Å². The molecule has 2 N–H and O–H groups in total. The Balaban J connectivity index is 1.69. The number of hydrogen-bond acceptors (Lipinski definition) is 2. The van der Waals surface area contributed by atoms with Gasteiger partial charge in [0.25, 0.3) is 0 Å². The van der Waals surface area contributed by atoms with E-state index in [4.69, 9.17) is 0 Å². The van der Waals surface area contributed by atoms with E-state index < -0.39 is 0 Å². The molecule has 96 valence electrons. The molecule has 3 heteroatoms. The summed E-state index contributed by atoms with van der Waals surface area (Å²) in [6.45, 7) is 0.970. The molecular formula is C15H20N2O. The van der Waals surface area contributed by atoms with E-state index in [-0.39, 0.29) is 18.0 Å². The summed E-state index contributed by atoms with van der Waals surface area (Å²) >= 11 is 0. The van der Waals surface area contributed by atoms with Crippen molar-refractivity contribution in [2.75, 3.05) is 6.54 Å². The average Bonchev–Trinajstić information content (AvgIpc) is 3.10. The predicted octanol–water partition coefficient (Wildman–Crippen LogP) is 2.01. The highest BCUT2D eigenvalue weighted by molar-refractivity contribution is 5.82. The molecule has 2 atom stereocenters. The molecule has 1 amide bonds. The van der Waals surface area contributed by atoms with Crippen molar-refractivity contribution in [1.29, 1.82) is 0 Å². The van der Waals surface area contributed by atoms with Gasteiger partial charge in [-0.15, -0.1) is 0 Å². The van der Waals surface area contributed by atoms with E-state index in [1.54, 1.807) is 0 Å². The first-order chi connectivity index (χ1) is 8.84. The Morgan fingerprint density at radius 2 is 2.00 bits per heavy atom. The molecule has 1 aliphatic carbocycles. The molecule has 1 heterocycles. The van der Waals surface area contributed by atoms with Crippen LogP contribution in [0.2, 0.25) is 0 Å². The Bertz CT molecular complexity index is 408. The van der Waals surface area contributed by atoms with Crippen molar-refractivity contribution in [3.05, 3.63) is 35.9 Å². The van der Waals surface area contributed by atoms with Gasteiger partial charge in [0.05, 0.1) is 12.1 Å². The molecule has 1 aromatic rings. The molecule has 2 fully saturated rings. The number of nitrogens with one attached hydrogen (secondary N) is 2. The van der Waals surface area contributed by atoms with Crippen molar-refractivity contribution in [2.24, 2.45) is 5.92 Å². The molecule has 3 nitrogen and oxygen atoms in total. The van der Waals surface area contributed by atoms with Crippen LogP contribution in [0.4, 0.5) is 0 Å². The molecule has 1 saturated heterocycles. The Hall–Kier alpha value is -1.35. The minimum atomic E-state index is 0.0231. The standard InChI is InChI=1S/C15H20N2O/c18-15(13-7-4-10-16-13)17-14(12-8-9-12)11-5-2-1-3-6-11/h1-3,5-6,12-14,16H,4,7-10H2,(H,17,18)/t13-,14?/m0/s1.